The van der Waals surface area contributed by atoms with Crippen LogP contribution in [0.5, 0.6) is 0 Å². The number of nitrogens with one attached hydrogen (secondary N) is 3. The zero-order valence-corrected chi connectivity index (χ0v) is 14.2. The van der Waals surface area contributed by atoms with E-state index in [1.165, 1.54) is 16.9 Å². The van der Waals surface area contributed by atoms with Crippen molar-refractivity contribution >= 4 is 39.5 Å². The van der Waals surface area contributed by atoms with E-state index in [1.54, 1.807) is 0 Å². The van der Waals surface area contributed by atoms with E-state index in [2.05, 4.69) is 21.2 Å². The smallest absolute Gasteiger partial charge is 0.202 e. The van der Waals surface area contributed by atoms with Gasteiger partial charge in [0.1, 0.15) is 0 Å². The van der Waals surface area contributed by atoms with E-state index < -0.39 is 0 Å². The molecule has 3 rings (SSSR count). The van der Waals surface area contributed by atoms with Gasteiger partial charge >= 0.3 is 0 Å². The first-order chi connectivity index (χ1) is 11.2. The maximum atomic E-state index is 5.27. The lowest BCUT2D eigenvalue weighted by atomic mass is 10.2. The Bertz CT molecular complexity index is 799. The molecule has 0 saturated carbocycles. The van der Waals surface area contributed by atoms with Crippen LogP contribution in [0.3, 0.4) is 0 Å². The maximum absolute atomic E-state index is 5.27. The number of rotatable bonds is 4. The van der Waals surface area contributed by atoms with Gasteiger partial charge in [-0.3, -0.25) is 10.9 Å². The molecule has 0 aliphatic rings. The van der Waals surface area contributed by atoms with Gasteiger partial charge in [-0.25, -0.2) is 4.98 Å². The van der Waals surface area contributed by atoms with E-state index in [1.807, 2.05) is 66.9 Å². The summed E-state index contributed by atoms with van der Waals surface area (Å²) in [5, 5.41) is 6.39. The van der Waals surface area contributed by atoms with Crippen molar-refractivity contribution in [1.29, 1.82) is 0 Å². The fraction of sp³-hybridized carbons (Fsp3) is 0.0588. The normalized spacial score (nSPS) is 10.1. The fourth-order valence-corrected chi connectivity index (χ4v) is 2.91. The quantitative estimate of drug-likeness (QED) is 0.484. The highest BCUT2D eigenvalue weighted by molar-refractivity contribution is 7.80. The minimum Gasteiger partial charge on any atom is -0.331 e. The molecule has 23 heavy (non-hydrogen) atoms. The number of hydrogen-bond acceptors (Lipinski definition) is 4. The van der Waals surface area contributed by atoms with Gasteiger partial charge in [-0.05, 0) is 36.8 Å². The molecule has 2 aromatic carbocycles. The molecule has 0 bridgehead atoms. The molecule has 0 aliphatic carbocycles. The molecule has 4 nitrogen and oxygen atoms in total. The number of aromatic nitrogens is 1. The Labute approximate surface area is 144 Å². The van der Waals surface area contributed by atoms with Crippen LogP contribution in [-0.4, -0.2) is 10.1 Å². The summed E-state index contributed by atoms with van der Waals surface area (Å²) in [6.45, 7) is 2.04. The highest BCUT2D eigenvalue weighted by Crippen LogP contribution is 2.23. The number of hydrogen-bond donors (Lipinski definition) is 3. The van der Waals surface area contributed by atoms with Crippen LogP contribution >= 0.6 is 23.6 Å². The standard InChI is InChI=1S/C17H16N4S2/c1-12-6-5-9-14(10-12)18-16(22)20-21-17-19-15(11-23-17)13-7-3-2-4-8-13/h2-11H,1H3,(H,19,21)(H2,18,20,22). The van der Waals surface area contributed by atoms with Gasteiger partial charge in [-0.15, -0.1) is 11.3 Å². The summed E-state index contributed by atoms with van der Waals surface area (Å²) in [7, 11) is 0. The van der Waals surface area contributed by atoms with E-state index in [4.69, 9.17) is 12.2 Å². The third kappa shape index (κ3) is 4.28. The molecule has 0 unspecified atom stereocenters. The van der Waals surface area contributed by atoms with E-state index in [0.29, 0.717) is 5.11 Å². The average Bonchev–Trinajstić information content (AvgIpc) is 3.03. The van der Waals surface area contributed by atoms with Crippen LogP contribution in [-0.2, 0) is 0 Å². The van der Waals surface area contributed by atoms with Crippen molar-refractivity contribution in [2.24, 2.45) is 0 Å². The van der Waals surface area contributed by atoms with E-state index in [0.717, 1.165) is 22.1 Å². The lowest BCUT2D eigenvalue weighted by molar-refractivity contribution is 1.12. The SMILES string of the molecule is Cc1cccc(NC(=S)NNc2nc(-c3ccccc3)cs2)c1. The van der Waals surface area contributed by atoms with Crippen molar-refractivity contribution in [3.05, 3.63) is 65.5 Å². The molecule has 3 N–H and O–H groups in total. The highest BCUT2D eigenvalue weighted by atomic mass is 32.1. The fourth-order valence-electron chi connectivity index (χ4n) is 2.07. The van der Waals surface area contributed by atoms with Gasteiger partial charge in [0.2, 0.25) is 5.13 Å². The summed E-state index contributed by atoms with van der Waals surface area (Å²) in [6, 6.07) is 18.1. The minimum atomic E-state index is 0.493. The first-order valence-electron chi connectivity index (χ1n) is 7.11. The Morgan fingerprint density at radius 3 is 2.70 bits per heavy atom. The highest BCUT2D eigenvalue weighted by Gasteiger charge is 2.04. The van der Waals surface area contributed by atoms with Gasteiger partial charge in [0, 0.05) is 16.6 Å². The predicted octanol–water partition coefficient (Wildman–Crippen LogP) is 4.43. The van der Waals surface area contributed by atoms with E-state index in [-0.39, 0.29) is 0 Å². The Morgan fingerprint density at radius 1 is 1.09 bits per heavy atom. The number of aryl methyl sites for hydroxylation is 1. The van der Waals surface area contributed by atoms with E-state index >= 15 is 0 Å². The molecule has 0 aliphatic heterocycles. The number of hydrazine groups is 1. The Hall–Kier alpha value is -2.44. The molecule has 1 heterocycles. The van der Waals surface area contributed by atoms with Crippen molar-refractivity contribution in [3.63, 3.8) is 0 Å². The zero-order valence-electron chi connectivity index (χ0n) is 12.5. The van der Waals surface area contributed by atoms with Crippen LogP contribution < -0.4 is 16.2 Å². The lowest BCUT2D eigenvalue weighted by Crippen LogP contribution is -2.33. The molecule has 6 heteroatoms. The largest absolute Gasteiger partial charge is 0.331 e. The van der Waals surface area contributed by atoms with Gasteiger partial charge in [0.05, 0.1) is 5.69 Å². The first-order valence-corrected chi connectivity index (χ1v) is 8.40. The summed E-state index contributed by atoms with van der Waals surface area (Å²) < 4.78 is 0. The van der Waals surface area contributed by atoms with Crippen molar-refractivity contribution in [2.45, 2.75) is 6.92 Å². The summed E-state index contributed by atoms with van der Waals surface area (Å²) in [6.07, 6.45) is 0. The topological polar surface area (TPSA) is 49.0 Å². The summed E-state index contributed by atoms with van der Waals surface area (Å²) >= 11 is 6.79. The molecular formula is C17H16N4S2. The maximum Gasteiger partial charge on any atom is 0.202 e. The molecule has 0 radical (unpaired) electrons. The van der Waals surface area contributed by atoms with Gasteiger partial charge < -0.3 is 5.32 Å². The second kappa shape index (κ2) is 7.21. The third-order valence-corrected chi connectivity index (χ3v) is 4.09. The Kier molecular flexibility index (Phi) is 4.85. The number of thiocarbonyl (C=S) groups is 1. The van der Waals surface area contributed by atoms with Crippen LogP contribution in [0.15, 0.2) is 60.0 Å². The zero-order chi connectivity index (χ0) is 16.1. The van der Waals surface area contributed by atoms with Crippen LogP contribution in [0.25, 0.3) is 11.3 Å². The lowest BCUT2D eigenvalue weighted by Gasteiger charge is -2.11. The monoisotopic (exact) mass is 340 g/mol. The number of anilines is 2. The molecule has 0 atom stereocenters. The van der Waals surface area contributed by atoms with Crippen molar-refractivity contribution in [2.75, 3.05) is 10.7 Å². The summed E-state index contributed by atoms with van der Waals surface area (Å²) in [5.74, 6) is 0. The minimum absolute atomic E-state index is 0.493. The number of benzene rings is 2. The third-order valence-electron chi connectivity index (χ3n) is 3.13. The van der Waals surface area contributed by atoms with Gasteiger partial charge in [0.15, 0.2) is 5.11 Å². The molecule has 0 saturated heterocycles. The molecule has 1 aromatic heterocycles. The molecule has 3 aromatic rings. The van der Waals surface area contributed by atoms with Gasteiger partial charge in [-0.2, -0.15) is 0 Å². The molecule has 0 spiro atoms. The summed E-state index contributed by atoms with van der Waals surface area (Å²) in [4.78, 5) is 4.53. The number of nitrogens with zero attached hydrogens (tertiary/aromatic N) is 1. The number of thiazole rings is 1. The van der Waals surface area contributed by atoms with Gasteiger partial charge in [-0.1, -0.05) is 42.5 Å². The molecular weight excluding hydrogens is 324 g/mol. The van der Waals surface area contributed by atoms with Crippen LogP contribution in [0.1, 0.15) is 5.56 Å². The van der Waals surface area contributed by atoms with Crippen molar-refractivity contribution < 1.29 is 0 Å². The molecule has 0 fully saturated rings. The molecule has 0 amide bonds. The first kappa shape index (κ1) is 15.5. The van der Waals surface area contributed by atoms with Crippen LogP contribution in [0, 0.1) is 6.92 Å². The molecule has 116 valence electrons. The average molecular weight is 340 g/mol. The Balaban J connectivity index is 1.56. The second-order valence-corrected chi connectivity index (χ2v) is 6.24. The predicted molar refractivity (Wildman–Crippen MR) is 102 cm³/mol. The van der Waals surface area contributed by atoms with Gasteiger partial charge in [0.25, 0.3) is 0 Å². The summed E-state index contributed by atoms with van der Waals surface area (Å²) in [5.41, 5.74) is 10.1. The Morgan fingerprint density at radius 2 is 1.91 bits per heavy atom. The second-order valence-electron chi connectivity index (χ2n) is 4.98. The van der Waals surface area contributed by atoms with Crippen LogP contribution in [0.2, 0.25) is 0 Å². The van der Waals surface area contributed by atoms with E-state index in [9.17, 15) is 0 Å². The van der Waals surface area contributed by atoms with Crippen molar-refractivity contribution in [1.82, 2.24) is 10.4 Å². The van der Waals surface area contributed by atoms with Crippen LogP contribution in [0.4, 0.5) is 10.8 Å². The van der Waals surface area contributed by atoms with Crippen molar-refractivity contribution in [3.8, 4) is 11.3 Å².